The fourth-order valence-corrected chi connectivity index (χ4v) is 3.01. The first-order chi connectivity index (χ1) is 13.2. The highest BCUT2D eigenvalue weighted by molar-refractivity contribution is 6.33. The van der Waals surface area contributed by atoms with Crippen LogP contribution in [0.5, 0.6) is 0 Å². The van der Waals surface area contributed by atoms with E-state index in [4.69, 9.17) is 21.2 Å². The number of benzene rings is 2. The van der Waals surface area contributed by atoms with E-state index in [0.717, 1.165) is 11.1 Å². The minimum atomic E-state index is -0.905. The monoisotopic (exact) mass is 399 g/mol. The van der Waals surface area contributed by atoms with Gasteiger partial charge in [0.15, 0.2) is 0 Å². The second-order valence-electron chi connectivity index (χ2n) is 7.56. The molecule has 0 spiro atoms. The highest BCUT2D eigenvalue weighted by atomic mass is 35.5. The average Bonchev–Trinajstić information content (AvgIpc) is 3.11. The molecule has 0 bridgehead atoms. The van der Waals surface area contributed by atoms with Crippen molar-refractivity contribution in [1.82, 2.24) is 15.5 Å². The first-order valence-corrected chi connectivity index (χ1v) is 9.28. The van der Waals surface area contributed by atoms with Gasteiger partial charge in [-0.15, -0.1) is 0 Å². The number of carboxylic acids is 1. The van der Waals surface area contributed by atoms with E-state index in [1.54, 1.807) is 12.1 Å². The number of rotatable bonds is 6. The zero-order chi connectivity index (χ0) is 20.3. The third kappa shape index (κ3) is 4.77. The standard InChI is InChI=1S/C21H22ClN3O3/c1-21(2,3)15-7-5-14(6-8-15)20-24-19(25-28-20)16-9-4-13(10-17(16)22)11-23-12-18(26)27/h4-10,23H,11-12H2,1-3H3,(H,26,27). The number of carbonyl (C=O) groups is 1. The van der Waals surface area contributed by atoms with Gasteiger partial charge >= 0.3 is 5.97 Å². The Labute approximate surface area is 168 Å². The van der Waals surface area contributed by atoms with E-state index in [9.17, 15) is 4.79 Å². The fourth-order valence-electron chi connectivity index (χ4n) is 2.73. The summed E-state index contributed by atoms with van der Waals surface area (Å²) in [5.74, 6) is -0.0683. The van der Waals surface area contributed by atoms with Gasteiger partial charge < -0.3 is 14.9 Å². The van der Waals surface area contributed by atoms with Crippen LogP contribution in [0.15, 0.2) is 47.0 Å². The number of hydrogen-bond acceptors (Lipinski definition) is 5. The van der Waals surface area contributed by atoms with Gasteiger partial charge in [0, 0.05) is 17.7 Å². The smallest absolute Gasteiger partial charge is 0.317 e. The summed E-state index contributed by atoms with van der Waals surface area (Å²) in [6, 6.07) is 13.5. The summed E-state index contributed by atoms with van der Waals surface area (Å²) in [6.45, 7) is 6.78. The number of aliphatic carboxylic acids is 1. The van der Waals surface area contributed by atoms with Crippen molar-refractivity contribution in [3.8, 4) is 22.8 Å². The second kappa shape index (κ2) is 8.12. The molecule has 2 N–H and O–H groups in total. The Kier molecular flexibility index (Phi) is 5.82. The molecule has 7 heteroatoms. The number of aromatic nitrogens is 2. The van der Waals surface area contributed by atoms with E-state index in [0.29, 0.717) is 28.8 Å². The number of nitrogens with zero attached hydrogens (tertiary/aromatic N) is 2. The Morgan fingerprint density at radius 1 is 1.18 bits per heavy atom. The predicted molar refractivity (Wildman–Crippen MR) is 108 cm³/mol. The zero-order valence-corrected chi connectivity index (χ0v) is 16.7. The second-order valence-corrected chi connectivity index (χ2v) is 7.97. The lowest BCUT2D eigenvalue weighted by atomic mass is 9.87. The first-order valence-electron chi connectivity index (χ1n) is 8.90. The van der Waals surface area contributed by atoms with Crippen molar-refractivity contribution in [3.63, 3.8) is 0 Å². The lowest BCUT2D eigenvalue weighted by Gasteiger charge is -2.18. The maximum Gasteiger partial charge on any atom is 0.317 e. The van der Waals surface area contributed by atoms with Crippen molar-refractivity contribution in [3.05, 3.63) is 58.6 Å². The Bertz CT molecular complexity index is 975. The van der Waals surface area contributed by atoms with Crippen molar-refractivity contribution < 1.29 is 14.4 Å². The van der Waals surface area contributed by atoms with Gasteiger partial charge in [-0.2, -0.15) is 4.98 Å². The quantitative estimate of drug-likeness (QED) is 0.633. The van der Waals surface area contributed by atoms with Gasteiger partial charge in [-0.3, -0.25) is 4.79 Å². The molecule has 2 aromatic carbocycles. The van der Waals surface area contributed by atoms with Crippen LogP contribution in [-0.4, -0.2) is 27.8 Å². The van der Waals surface area contributed by atoms with Crippen molar-refractivity contribution in [1.29, 1.82) is 0 Å². The molecule has 0 saturated carbocycles. The molecule has 146 valence electrons. The SMILES string of the molecule is CC(C)(C)c1ccc(-c2nc(-c3ccc(CNCC(=O)O)cc3Cl)no2)cc1. The van der Waals surface area contributed by atoms with Crippen LogP contribution in [0, 0.1) is 0 Å². The molecule has 0 amide bonds. The Hall–Kier alpha value is -2.70. The molecular formula is C21H22ClN3O3. The van der Waals surface area contributed by atoms with Gasteiger partial charge in [0.1, 0.15) is 0 Å². The molecule has 0 aliphatic rings. The highest BCUT2D eigenvalue weighted by Gasteiger charge is 2.16. The minimum Gasteiger partial charge on any atom is -0.480 e. The van der Waals surface area contributed by atoms with Crippen LogP contribution in [-0.2, 0) is 16.8 Å². The van der Waals surface area contributed by atoms with E-state index in [1.807, 2.05) is 18.2 Å². The van der Waals surface area contributed by atoms with E-state index in [-0.39, 0.29) is 12.0 Å². The Balaban J connectivity index is 1.77. The molecule has 3 rings (SSSR count). The molecule has 0 fully saturated rings. The molecule has 3 aromatic rings. The lowest BCUT2D eigenvalue weighted by molar-refractivity contribution is -0.135. The van der Waals surface area contributed by atoms with Crippen LogP contribution in [0.25, 0.3) is 22.8 Å². The van der Waals surface area contributed by atoms with Gasteiger partial charge in [-0.05, 0) is 40.8 Å². The van der Waals surface area contributed by atoms with Crippen molar-refractivity contribution in [2.45, 2.75) is 32.7 Å². The molecule has 6 nitrogen and oxygen atoms in total. The average molecular weight is 400 g/mol. The Morgan fingerprint density at radius 3 is 2.50 bits per heavy atom. The van der Waals surface area contributed by atoms with Crippen LogP contribution >= 0.6 is 11.6 Å². The molecule has 1 aromatic heterocycles. The molecule has 0 unspecified atom stereocenters. The third-order valence-electron chi connectivity index (χ3n) is 4.30. The molecule has 0 atom stereocenters. The Morgan fingerprint density at radius 2 is 1.89 bits per heavy atom. The van der Waals surface area contributed by atoms with Crippen molar-refractivity contribution in [2.24, 2.45) is 0 Å². The van der Waals surface area contributed by atoms with Crippen LogP contribution in [0.1, 0.15) is 31.9 Å². The van der Waals surface area contributed by atoms with Crippen LogP contribution < -0.4 is 5.32 Å². The highest BCUT2D eigenvalue weighted by Crippen LogP contribution is 2.30. The lowest BCUT2D eigenvalue weighted by Crippen LogP contribution is -2.21. The zero-order valence-electron chi connectivity index (χ0n) is 16.0. The van der Waals surface area contributed by atoms with Gasteiger partial charge in [0.05, 0.1) is 11.6 Å². The molecule has 0 radical (unpaired) electrons. The minimum absolute atomic E-state index is 0.0765. The molecule has 0 aliphatic heterocycles. The summed E-state index contributed by atoms with van der Waals surface area (Å²) < 4.78 is 5.41. The molecule has 0 saturated heterocycles. The number of nitrogens with one attached hydrogen (secondary N) is 1. The summed E-state index contributed by atoms with van der Waals surface area (Å²) in [4.78, 5) is 15.0. The van der Waals surface area contributed by atoms with Crippen molar-refractivity contribution in [2.75, 3.05) is 6.54 Å². The van der Waals surface area contributed by atoms with Crippen LogP contribution in [0.4, 0.5) is 0 Å². The maximum atomic E-state index is 10.6. The largest absolute Gasteiger partial charge is 0.480 e. The summed E-state index contributed by atoms with van der Waals surface area (Å²) >= 11 is 6.37. The van der Waals surface area contributed by atoms with Crippen LogP contribution in [0.2, 0.25) is 5.02 Å². The first kappa shape index (κ1) is 20.0. The topological polar surface area (TPSA) is 88.2 Å². The normalized spacial score (nSPS) is 11.6. The third-order valence-corrected chi connectivity index (χ3v) is 4.62. The van der Waals surface area contributed by atoms with Gasteiger partial charge in [-0.1, -0.05) is 55.7 Å². The fraction of sp³-hybridized carbons (Fsp3) is 0.286. The van der Waals surface area contributed by atoms with Gasteiger partial charge in [-0.25, -0.2) is 0 Å². The van der Waals surface area contributed by atoms with Gasteiger partial charge in [0.25, 0.3) is 5.89 Å². The summed E-state index contributed by atoms with van der Waals surface area (Å²) in [5, 5.41) is 16.0. The van der Waals surface area contributed by atoms with Gasteiger partial charge in [0.2, 0.25) is 5.82 Å². The number of halogens is 1. The number of carboxylic acid groups (broad SMARTS) is 1. The molecular weight excluding hydrogens is 378 g/mol. The summed E-state index contributed by atoms with van der Waals surface area (Å²) in [5.41, 5.74) is 3.68. The molecule has 1 heterocycles. The maximum absolute atomic E-state index is 10.6. The van der Waals surface area contributed by atoms with E-state index in [2.05, 4.69) is 48.4 Å². The predicted octanol–water partition coefficient (Wildman–Crippen LogP) is 4.53. The van der Waals surface area contributed by atoms with Crippen molar-refractivity contribution >= 4 is 17.6 Å². The molecule has 0 aliphatic carbocycles. The summed E-state index contributed by atoms with van der Waals surface area (Å²) in [7, 11) is 0. The van der Waals surface area contributed by atoms with E-state index >= 15 is 0 Å². The van der Waals surface area contributed by atoms with E-state index < -0.39 is 5.97 Å². The van der Waals surface area contributed by atoms with Crippen LogP contribution in [0.3, 0.4) is 0 Å². The van der Waals surface area contributed by atoms with E-state index in [1.165, 1.54) is 5.56 Å². The number of hydrogen-bond donors (Lipinski definition) is 2. The summed E-state index contributed by atoms with van der Waals surface area (Å²) in [6.07, 6.45) is 0. The molecule has 28 heavy (non-hydrogen) atoms.